The fraction of sp³-hybridized carbons (Fsp3) is 0.211. The minimum atomic E-state index is -1.03. The van der Waals surface area contributed by atoms with Crippen molar-refractivity contribution in [1.29, 1.82) is 0 Å². The minimum absolute atomic E-state index is 0.442. The Balaban J connectivity index is 1.87. The van der Waals surface area contributed by atoms with Crippen molar-refractivity contribution in [3.05, 3.63) is 59.2 Å². The average molecular weight is 355 g/mol. The van der Waals surface area contributed by atoms with Gasteiger partial charge in [-0.2, -0.15) is 5.10 Å². The van der Waals surface area contributed by atoms with Gasteiger partial charge in [0, 0.05) is 5.69 Å². The fourth-order valence-corrected chi connectivity index (χ4v) is 2.26. The number of urea groups is 1. The van der Waals surface area contributed by atoms with Gasteiger partial charge in [0.15, 0.2) is 6.10 Å². The first kappa shape index (κ1) is 19.0. The van der Waals surface area contributed by atoms with Crippen molar-refractivity contribution in [1.82, 2.24) is 5.43 Å². The number of carboxylic acids is 1. The Hall–Kier alpha value is -3.35. The van der Waals surface area contributed by atoms with E-state index in [-0.39, 0.29) is 0 Å². The summed E-state index contributed by atoms with van der Waals surface area (Å²) >= 11 is 0. The molecule has 0 bridgehead atoms. The van der Waals surface area contributed by atoms with Crippen molar-refractivity contribution in [2.45, 2.75) is 26.9 Å². The number of rotatable bonds is 6. The first-order chi connectivity index (χ1) is 12.3. The summed E-state index contributed by atoms with van der Waals surface area (Å²) in [7, 11) is 0. The van der Waals surface area contributed by atoms with Crippen LogP contribution in [0.25, 0.3) is 0 Å². The monoisotopic (exact) mass is 355 g/mol. The zero-order valence-electron chi connectivity index (χ0n) is 14.8. The number of amides is 2. The van der Waals surface area contributed by atoms with Gasteiger partial charge in [0.2, 0.25) is 0 Å². The molecule has 136 valence electrons. The van der Waals surface area contributed by atoms with Crippen molar-refractivity contribution < 1.29 is 19.4 Å². The van der Waals surface area contributed by atoms with Crippen molar-refractivity contribution in [3.8, 4) is 5.75 Å². The number of ether oxygens (including phenoxy) is 1. The molecular formula is C19H21N3O4. The third-order valence-corrected chi connectivity index (χ3v) is 3.40. The van der Waals surface area contributed by atoms with Crippen LogP contribution in [0.15, 0.2) is 47.6 Å². The Morgan fingerprint density at radius 2 is 1.73 bits per heavy atom. The van der Waals surface area contributed by atoms with E-state index in [1.165, 1.54) is 13.1 Å². The molecule has 2 rings (SSSR count). The van der Waals surface area contributed by atoms with Crippen LogP contribution in [0.3, 0.4) is 0 Å². The highest BCUT2D eigenvalue weighted by atomic mass is 16.5. The zero-order valence-corrected chi connectivity index (χ0v) is 14.8. The summed E-state index contributed by atoms with van der Waals surface area (Å²) in [6.45, 7) is 5.37. The summed E-state index contributed by atoms with van der Waals surface area (Å²) in [6, 6.07) is 12.0. The summed E-state index contributed by atoms with van der Waals surface area (Å²) in [5.74, 6) is -0.591. The first-order valence-corrected chi connectivity index (χ1v) is 8.01. The van der Waals surface area contributed by atoms with Crippen LogP contribution >= 0.6 is 0 Å². The Morgan fingerprint density at radius 1 is 1.12 bits per heavy atom. The SMILES string of the molecule is Cc1cc(C)cc(NC(=O)N/N=C/c2ccc(O[C@H](C)C(=O)O)cc2)c1. The largest absolute Gasteiger partial charge is 0.479 e. The lowest BCUT2D eigenvalue weighted by Gasteiger charge is -2.10. The van der Waals surface area contributed by atoms with Gasteiger partial charge in [-0.05, 0) is 73.9 Å². The van der Waals surface area contributed by atoms with Gasteiger partial charge in [-0.3, -0.25) is 0 Å². The molecule has 1 atom stereocenters. The fourth-order valence-electron chi connectivity index (χ4n) is 2.26. The molecule has 0 unspecified atom stereocenters. The van der Waals surface area contributed by atoms with Crippen LogP contribution in [0.4, 0.5) is 10.5 Å². The normalized spacial score (nSPS) is 11.8. The molecule has 3 N–H and O–H groups in total. The molecule has 2 amide bonds. The number of hydrogen-bond donors (Lipinski definition) is 3. The number of benzene rings is 2. The van der Waals surface area contributed by atoms with E-state index in [2.05, 4.69) is 15.8 Å². The maximum Gasteiger partial charge on any atom is 0.344 e. The second kappa shape index (κ2) is 8.66. The average Bonchev–Trinajstić information content (AvgIpc) is 2.55. The van der Waals surface area contributed by atoms with E-state index in [4.69, 9.17) is 9.84 Å². The van der Waals surface area contributed by atoms with E-state index in [9.17, 15) is 9.59 Å². The van der Waals surface area contributed by atoms with Crippen LogP contribution in [0.1, 0.15) is 23.6 Å². The Labute approximate surface area is 151 Å². The van der Waals surface area contributed by atoms with E-state index in [1.54, 1.807) is 24.3 Å². The lowest BCUT2D eigenvalue weighted by Crippen LogP contribution is -2.24. The quantitative estimate of drug-likeness (QED) is 0.547. The van der Waals surface area contributed by atoms with Crippen LogP contribution in [-0.4, -0.2) is 29.4 Å². The molecule has 7 nitrogen and oxygen atoms in total. The molecule has 0 aliphatic heterocycles. The number of hydrazone groups is 1. The molecule has 0 heterocycles. The number of nitrogens with zero attached hydrogens (tertiary/aromatic N) is 1. The van der Waals surface area contributed by atoms with Crippen molar-refractivity contribution in [2.24, 2.45) is 5.10 Å². The lowest BCUT2D eigenvalue weighted by molar-refractivity contribution is -0.144. The minimum Gasteiger partial charge on any atom is -0.479 e. The summed E-state index contributed by atoms with van der Waals surface area (Å²) < 4.78 is 5.24. The maximum atomic E-state index is 11.9. The lowest BCUT2D eigenvalue weighted by atomic mass is 10.1. The number of carboxylic acid groups (broad SMARTS) is 1. The molecule has 0 saturated carbocycles. The summed E-state index contributed by atoms with van der Waals surface area (Å²) in [4.78, 5) is 22.6. The molecule has 0 spiro atoms. The Kier molecular flexibility index (Phi) is 6.32. The molecule has 26 heavy (non-hydrogen) atoms. The van der Waals surface area contributed by atoms with Crippen LogP contribution in [-0.2, 0) is 4.79 Å². The highest BCUT2D eigenvalue weighted by Gasteiger charge is 2.11. The van der Waals surface area contributed by atoms with Gasteiger partial charge in [0.05, 0.1) is 6.21 Å². The van der Waals surface area contributed by atoms with Gasteiger partial charge in [0.1, 0.15) is 5.75 Å². The third kappa shape index (κ3) is 5.94. The van der Waals surface area contributed by atoms with E-state index in [0.717, 1.165) is 16.7 Å². The van der Waals surface area contributed by atoms with E-state index in [0.29, 0.717) is 11.4 Å². The molecule has 0 saturated heterocycles. The van der Waals surface area contributed by atoms with Gasteiger partial charge >= 0.3 is 12.0 Å². The number of hydrogen-bond acceptors (Lipinski definition) is 4. The second-order valence-electron chi connectivity index (χ2n) is 5.87. The number of anilines is 1. The van der Waals surface area contributed by atoms with Crippen molar-refractivity contribution in [3.63, 3.8) is 0 Å². The van der Waals surface area contributed by atoms with Crippen LogP contribution in [0.5, 0.6) is 5.75 Å². The molecule has 0 radical (unpaired) electrons. The first-order valence-electron chi connectivity index (χ1n) is 8.01. The number of aryl methyl sites for hydroxylation is 2. The Morgan fingerprint density at radius 3 is 2.31 bits per heavy atom. The maximum absolute atomic E-state index is 11.9. The van der Waals surface area contributed by atoms with Gasteiger partial charge in [0.25, 0.3) is 0 Å². The van der Waals surface area contributed by atoms with Crippen LogP contribution < -0.4 is 15.5 Å². The molecule has 2 aromatic rings. The van der Waals surface area contributed by atoms with Gasteiger partial charge in [-0.25, -0.2) is 15.0 Å². The predicted molar refractivity (Wildman–Crippen MR) is 99.8 cm³/mol. The van der Waals surface area contributed by atoms with Crippen LogP contribution in [0, 0.1) is 13.8 Å². The molecule has 0 aliphatic carbocycles. The van der Waals surface area contributed by atoms with Crippen LogP contribution in [0.2, 0.25) is 0 Å². The number of nitrogens with one attached hydrogen (secondary N) is 2. The zero-order chi connectivity index (χ0) is 19.1. The van der Waals surface area contributed by atoms with Gasteiger partial charge < -0.3 is 15.2 Å². The van der Waals surface area contributed by atoms with E-state index >= 15 is 0 Å². The van der Waals surface area contributed by atoms with E-state index in [1.807, 2.05) is 32.0 Å². The summed E-state index contributed by atoms with van der Waals surface area (Å²) in [5.41, 5.74) is 5.94. The number of carbonyl (C=O) groups excluding carboxylic acids is 1. The van der Waals surface area contributed by atoms with Gasteiger partial charge in [-0.15, -0.1) is 0 Å². The number of aliphatic carboxylic acids is 1. The molecule has 0 aromatic heterocycles. The molecule has 7 heteroatoms. The highest BCUT2D eigenvalue weighted by molar-refractivity contribution is 5.90. The second-order valence-corrected chi connectivity index (χ2v) is 5.87. The molecular weight excluding hydrogens is 334 g/mol. The number of carbonyl (C=O) groups is 2. The topological polar surface area (TPSA) is 100 Å². The molecule has 0 fully saturated rings. The smallest absolute Gasteiger partial charge is 0.344 e. The summed E-state index contributed by atoms with van der Waals surface area (Å²) in [5, 5.41) is 15.4. The van der Waals surface area contributed by atoms with Crippen molar-refractivity contribution in [2.75, 3.05) is 5.32 Å². The molecule has 0 aliphatic rings. The van der Waals surface area contributed by atoms with Crippen molar-refractivity contribution >= 4 is 23.9 Å². The molecule has 2 aromatic carbocycles. The summed E-state index contributed by atoms with van der Waals surface area (Å²) in [6.07, 6.45) is 0.552. The predicted octanol–water partition coefficient (Wildman–Crippen LogP) is 3.31. The highest BCUT2D eigenvalue weighted by Crippen LogP contribution is 2.14. The standard InChI is InChI=1S/C19H21N3O4/c1-12-8-13(2)10-16(9-12)21-19(25)22-20-11-15-4-6-17(7-5-15)26-14(3)18(23)24/h4-11,14H,1-3H3,(H,23,24)(H2,21,22,25)/b20-11+/t14-/m1/s1. The third-order valence-electron chi connectivity index (χ3n) is 3.40. The van der Waals surface area contributed by atoms with E-state index < -0.39 is 18.1 Å². The Bertz CT molecular complexity index is 796. The van der Waals surface area contributed by atoms with Gasteiger partial charge in [-0.1, -0.05) is 6.07 Å².